The van der Waals surface area contributed by atoms with Crippen molar-refractivity contribution < 1.29 is 29.3 Å². The topological polar surface area (TPSA) is 116 Å². The Morgan fingerprint density at radius 2 is 1.96 bits per heavy atom. The largest absolute Gasteiger partial charge is 0.508 e. The van der Waals surface area contributed by atoms with Gasteiger partial charge in [-0.25, -0.2) is 4.79 Å². The van der Waals surface area contributed by atoms with Crippen molar-refractivity contribution in [1.82, 2.24) is 10.2 Å². The number of aromatic hydroxyl groups is 1. The highest BCUT2D eigenvalue weighted by Crippen LogP contribution is 2.50. The zero-order valence-corrected chi connectivity index (χ0v) is 14.4. The molecular formula is C16H18N2O6S. The molecule has 2 fully saturated rings. The van der Waals surface area contributed by atoms with Crippen molar-refractivity contribution in [1.29, 1.82) is 0 Å². The van der Waals surface area contributed by atoms with E-state index in [2.05, 4.69) is 5.32 Å². The number of rotatable bonds is 5. The molecular weight excluding hydrogens is 348 g/mol. The second kappa shape index (κ2) is 6.14. The summed E-state index contributed by atoms with van der Waals surface area (Å²) in [5.41, 5.74) is 0. The fourth-order valence-corrected chi connectivity index (χ4v) is 4.68. The number of carboxylic acids is 1. The Bertz CT molecular complexity index is 720. The van der Waals surface area contributed by atoms with E-state index >= 15 is 0 Å². The van der Waals surface area contributed by atoms with E-state index in [4.69, 9.17) is 4.74 Å². The summed E-state index contributed by atoms with van der Waals surface area (Å²) in [4.78, 5) is 37.0. The number of hydrogen-bond acceptors (Lipinski definition) is 6. The van der Waals surface area contributed by atoms with Crippen LogP contribution in [-0.2, 0) is 14.4 Å². The van der Waals surface area contributed by atoms with Gasteiger partial charge in [0.25, 0.3) is 5.91 Å². The van der Waals surface area contributed by atoms with Crippen molar-refractivity contribution in [2.24, 2.45) is 0 Å². The van der Waals surface area contributed by atoms with Gasteiger partial charge >= 0.3 is 5.97 Å². The zero-order valence-electron chi connectivity index (χ0n) is 13.6. The number of thioether (sulfide) groups is 1. The number of phenols is 1. The number of nitrogens with zero attached hydrogens (tertiary/aromatic N) is 1. The van der Waals surface area contributed by atoms with Crippen LogP contribution in [0.3, 0.4) is 0 Å². The molecule has 0 saturated carbocycles. The summed E-state index contributed by atoms with van der Waals surface area (Å²) >= 11 is 1.36. The SMILES string of the molecule is CC1(C)SC2C(NC(=O)COc3ccc(O)cc3)C(=O)N2C1C(=O)O. The van der Waals surface area contributed by atoms with Crippen molar-refractivity contribution in [2.45, 2.75) is 36.1 Å². The Labute approximate surface area is 148 Å². The van der Waals surface area contributed by atoms with E-state index in [1.54, 1.807) is 13.8 Å². The van der Waals surface area contributed by atoms with Crippen LogP contribution in [0.25, 0.3) is 0 Å². The van der Waals surface area contributed by atoms with E-state index < -0.39 is 34.6 Å². The third kappa shape index (κ3) is 3.11. The van der Waals surface area contributed by atoms with Gasteiger partial charge in [0.05, 0.1) is 0 Å². The highest BCUT2D eigenvalue weighted by atomic mass is 32.2. The van der Waals surface area contributed by atoms with Gasteiger partial charge in [0.2, 0.25) is 5.91 Å². The lowest BCUT2D eigenvalue weighted by atomic mass is 9.96. The molecule has 3 atom stereocenters. The highest BCUT2D eigenvalue weighted by Gasteiger charge is 2.64. The van der Waals surface area contributed by atoms with Crippen LogP contribution < -0.4 is 10.1 Å². The van der Waals surface area contributed by atoms with E-state index in [1.807, 2.05) is 0 Å². The zero-order chi connectivity index (χ0) is 18.4. The normalized spacial score (nSPS) is 26.6. The number of hydrogen-bond donors (Lipinski definition) is 3. The van der Waals surface area contributed by atoms with E-state index in [1.165, 1.54) is 40.9 Å². The van der Waals surface area contributed by atoms with Gasteiger partial charge in [0.15, 0.2) is 6.61 Å². The van der Waals surface area contributed by atoms with Crippen LogP contribution in [0.4, 0.5) is 0 Å². The van der Waals surface area contributed by atoms with Crippen molar-refractivity contribution in [3.05, 3.63) is 24.3 Å². The molecule has 1 aromatic carbocycles. The molecule has 2 aliphatic rings. The van der Waals surface area contributed by atoms with Crippen LogP contribution in [0.5, 0.6) is 11.5 Å². The molecule has 0 bridgehead atoms. The van der Waals surface area contributed by atoms with E-state index in [-0.39, 0.29) is 17.7 Å². The van der Waals surface area contributed by atoms with Gasteiger partial charge in [-0.05, 0) is 38.1 Å². The second-order valence-electron chi connectivity index (χ2n) is 6.43. The average Bonchev–Trinajstić information content (AvgIpc) is 2.80. The molecule has 25 heavy (non-hydrogen) atoms. The predicted molar refractivity (Wildman–Crippen MR) is 89.3 cm³/mol. The number of ether oxygens (including phenoxy) is 1. The molecule has 0 aliphatic carbocycles. The van der Waals surface area contributed by atoms with Gasteiger partial charge in [0.1, 0.15) is 29.0 Å². The van der Waals surface area contributed by atoms with E-state index in [0.29, 0.717) is 5.75 Å². The maximum Gasteiger partial charge on any atom is 0.327 e. The first-order valence-electron chi connectivity index (χ1n) is 7.65. The lowest BCUT2D eigenvalue weighted by Gasteiger charge is -2.43. The Morgan fingerprint density at radius 1 is 1.32 bits per heavy atom. The van der Waals surface area contributed by atoms with Crippen molar-refractivity contribution >= 4 is 29.5 Å². The lowest BCUT2D eigenvalue weighted by molar-refractivity contribution is -0.161. The van der Waals surface area contributed by atoms with Gasteiger partial charge < -0.3 is 25.2 Å². The molecule has 8 nitrogen and oxygen atoms in total. The summed E-state index contributed by atoms with van der Waals surface area (Å²) in [5.74, 6) is -1.41. The molecule has 2 amide bonds. The first kappa shape index (κ1) is 17.4. The van der Waals surface area contributed by atoms with Gasteiger partial charge in [-0.2, -0.15) is 0 Å². The number of nitrogens with one attached hydrogen (secondary N) is 1. The number of carbonyl (C=O) groups excluding carboxylic acids is 2. The number of amides is 2. The number of fused-ring (bicyclic) bond motifs is 1. The predicted octanol–water partition coefficient (Wildman–Crippen LogP) is 0.403. The molecule has 2 aliphatic heterocycles. The number of benzene rings is 1. The molecule has 0 aromatic heterocycles. The fraction of sp³-hybridized carbons (Fsp3) is 0.438. The number of phenolic OH excluding ortho intramolecular Hbond substituents is 1. The van der Waals surface area contributed by atoms with Crippen LogP contribution in [0.1, 0.15) is 13.8 Å². The van der Waals surface area contributed by atoms with Crippen LogP contribution >= 0.6 is 11.8 Å². The Kier molecular flexibility index (Phi) is 4.28. The average molecular weight is 366 g/mol. The van der Waals surface area contributed by atoms with Crippen molar-refractivity contribution in [2.75, 3.05) is 6.61 Å². The minimum Gasteiger partial charge on any atom is -0.508 e. The standard InChI is InChI=1S/C16H18N2O6S/c1-16(2)12(15(22)23)18-13(21)11(14(18)25-16)17-10(20)7-24-9-5-3-8(19)4-6-9/h3-6,11-12,14,19H,7H2,1-2H3,(H,17,20)(H,22,23). The van der Waals surface area contributed by atoms with Gasteiger partial charge in [-0.3, -0.25) is 9.59 Å². The molecule has 2 saturated heterocycles. The van der Waals surface area contributed by atoms with Gasteiger partial charge in [-0.15, -0.1) is 11.8 Å². The Morgan fingerprint density at radius 3 is 2.56 bits per heavy atom. The quantitative estimate of drug-likeness (QED) is 0.646. The second-order valence-corrected chi connectivity index (χ2v) is 8.20. The third-order valence-electron chi connectivity index (χ3n) is 4.20. The maximum absolute atomic E-state index is 12.3. The first-order chi connectivity index (χ1) is 11.7. The van der Waals surface area contributed by atoms with Gasteiger partial charge in [0, 0.05) is 4.75 Å². The van der Waals surface area contributed by atoms with Crippen molar-refractivity contribution in [3.8, 4) is 11.5 Å². The first-order valence-corrected chi connectivity index (χ1v) is 8.52. The minimum absolute atomic E-state index is 0.0887. The molecule has 3 rings (SSSR count). The number of carbonyl (C=O) groups is 3. The Balaban J connectivity index is 1.57. The highest BCUT2D eigenvalue weighted by molar-refractivity contribution is 8.01. The van der Waals surface area contributed by atoms with Gasteiger partial charge in [-0.1, -0.05) is 0 Å². The summed E-state index contributed by atoms with van der Waals surface area (Å²) in [6, 6.07) is 4.26. The summed E-state index contributed by atoms with van der Waals surface area (Å²) in [5, 5.41) is 20.8. The van der Waals surface area contributed by atoms with E-state index in [0.717, 1.165) is 0 Å². The summed E-state index contributed by atoms with van der Waals surface area (Å²) in [7, 11) is 0. The third-order valence-corrected chi connectivity index (χ3v) is 5.77. The smallest absolute Gasteiger partial charge is 0.327 e. The summed E-state index contributed by atoms with van der Waals surface area (Å²) in [6.07, 6.45) is 0. The van der Waals surface area contributed by atoms with E-state index in [9.17, 15) is 24.6 Å². The molecule has 3 N–H and O–H groups in total. The van der Waals surface area contributed by atoms with Crippen LogP contribution in [0.2, 0.25) is 0 Å². The molecule has 2 heterocycles. The monoisotopic (exact) mass is 366 g/mol. The number of aliphatic carboxylic acids is 1. The van der Waals surface area contributed by atoms with Crippen LogP contribution in [-0.4, -0.2) is 61.7 Å². The molecule has 0 spiro atoms. The van der Waals surface area contributed by atoms with Crippen LogP contribution in [0.15, 0.2) is 24.3 Å². The lowest BCUT2D eigenvalue weighted by Crippen LogP contribution is -2.70. The molecule has 0 radical (unpaired) electrons. The molecule has 134 valence electrons. The molecule has 9 heteroatoms. The Hall–Kier alpha value is -2.42. The van der Waals surface area contributed by atoms with Crippen molar-refractivity contribution in [3.63, 3.8) is 0 Å². The maximum atomic E-state index is 12.3. The molecule has 3 unspecified atom stereocenters. The summed E-state index contributed by atoms with van der Waals surface area (Å²) < 4.78 is 4.66. The number of β-lactam (4-membered cyclic amide) rings is 1. The molecule has 1 aromatic rings. The number of carboxylic acid groups (broad SMARTS) is 1. The minimum atomic E-state index is -1.05. The van der Waals surface area contributed by atoms with Crippen LogP contribution in [0, 0.1) is 0 Å². The summed E-state index contributed by atoms with van der Waals surface area (Å²) in [6.45, 7) is 3.27. The fourth-order valence-electron chi connectivity index (χ4n) is 3.05.